The van der Waals surface area contributed by atoms with Crippen molar-refractivity contribution in [1.82, 2.24) is 4.98 Å². The highest BCUT2D eigenvalue weighted by atomic mass is 32.1. The minimum Gasteiger partial charge on any atom is -0.342 e. The van der Waals surface area contributed by atoms with Crippen molar-refractivity contribution >= 4 is 38.3 Å². The Labute approximate surface area is 137 Å². The van der Waals surface area contributed by atoms with Gasteiger partial charge < -0.3 is 10.2 Å². The number of rotatable bonds is 4. The molecule has 1 aromatic heterocycles. The molecule has 1 amide bonds. The van der Waals surface area contributed by atoms with Crippen molar-refractivity contribution in [2.75, 3.05) is 23.8 Å². The van der Waals surface area contributed by atoms with Gasteiger partial charge in [-0.2, -0.15) is 0 Å². The molecule has 0 saturated heterocycles. The summed E-state index contributed by atoms with van der Waals surface area (Å²) < 4.78 is 14.6. The highest BCUT2D eigenvalue weighted by Crippen LogP contribution is 2.27. The van der Waals surface area contributed by atoms with E-state index in [1.807, 2.05) is 31.3 Å². The number of nitrogens with one attached hydrogen (secondary N) is 1. The van der Waals surface area contributed by atoms with Crippen LogP contribution in [0.2, 0.25) is 0 Å². The first-order valence-electron chi connectivity index (χ1n) is 7.15. The fourth-order valence-electron chi connectivity index (χ4n) is 2.18. The van der Waals surface area contributed by atoms with Crippen molar-refractivity contribution in [2.24, 2.45) is 0 Å². The third-order valence-electron chi connectivity index (χ3n) is 3.45. The van der Waals surface area contributed by atoms with Gasteiger partial charge in [-0.15, -0.1) is 0 Å². The molecule has 0 saturated carbocycles. The van der Waals surface area contributed by atoms with Crippen molar-refractivity contribution in [1.29, 1.82) is 0 Å². The molecule has 6 heteroatoms. The minimum absolute atomic E-state index is 0.148. The van der Waals surface area contributed by atoms with E-state index in [0.717, 1.165) is 15.3 Å². The van der Waals surface area contributed by atoms with Gasteiger partial charge in [0.05, 0.1) is 16.8 Å². The van der Waals surface area contributed by atoms with E-state index in [4.69, 9.17) is 0 Å². The number of hydrogen-bond acceptors (Lipinski definition) is 4. The highest BCUT2D eigenvalue weighted by molar-refractivity contribution is 7.22. The molecule has 3 aromatic rings. The normalized spacial score (nSPS) is 10.7. The molecule has 0 fully saturated rings. The Hall–Kier alpha value is -2.47. The summed E-state index contributed by atoms with van der Waals surface area (Å²) in [4.78, 5) is 18.4. The number of likely N-dealkylation sites (N-methyl/N-ethyl adjacent to an activating group) is 1. The summed E-state index contributed by atoms with van der Waals surface area (Å²) in [6.07, 6.45) is 0. The number of halogens is 1. The average Bonchev–Trinajstić information content (AvgIpc) is 2.95. The van der Waals surface area contributed by atoms with Crippen LogP contribution in [-0.4, -0.2) is 24.5 Å². The van der Waals surface area contributed by atoms with E-state index < -0.39 is 0 Å². The van der Waals surface area contributed by atoms with Gasteiger partial charge in [0.1, 0.15) is 5.82 Å². The first kappa shape index (κ1) is 15.4. The van der Waals surface area contributed by atoms with Gasteiger partial charge in [0.25, 0.3) is 0 Å². The van der Waals surface area contributed by atoms with Gasteiger partial charge in [-0.05, 0) is 36.8 Å². The van der Waals surface area contributed by atoms with Crippen LogP contribution in [0.4, 0.5) is 15.2 Å². The van der Waals surface area contributed by atoms with Crippen LogP contribution in [-0.2, 0) is 4.79 Å². The van der Waals surface area contributed by atoms with Gasteiger partial charge in [0.2, 0.25) is 5.91 Å². The Balaban J connectivity index is 1.67. The quantitative estimate of drug-likeness (QED) is 0.791. The number of amides is 1. The Kier molecular flexibility index (Phi) is 4.25. The largest absolute Gasteiger partial charge is 0.342 e. The van der Waals surface area contributed by atoms with Gasteiger partial charge in [0.15, 0.2) is 5.13 Å². The zero-order valence-electron chi connectivity index (χ0n) is 12.8. The van der Waals surface area contributed by atoms with Crippen LogP contribution in [0.1, 0.15) is 5.56 Å². The summed E-state index contributed by atoms with van der Waals surface area (Å²) in [7, 11) is 1.81. The molecule has 118 valence electrons. The summed E-state index contributed by atoms with van der Waals surface area (Å²) in [5.41, 5.74) is 1.92. The number of benzene rings is 2. The second kappa shape index (κ2) is 6.34. The SMILES string of the molecule is Cc1ccc(NC(=O)CN(C)c2nc3ccccc3s2)cc1F. The van der Waals surface area contributed by atoms with Crippen molar-refractivity contribution in [3.05, 3.63) is 53.8 Å². The lowest BCUT2D eigenvalue weighted by Crippen LogP contribution is -2.29. The smallest absolute Gasteiger partial charge is 0.243 e. The first-order valence-corrected chi connectivity index (χ1v) is 7.97. The number of nitrogens with zero attached hydrogens (tertiary/aromatic N) is 2. The number of para-hydroxylation sites is 1. The van der Waals surface area contributed by atoms with E-state index >= 15 is 0 Å². The molecule has 2 aromatic carbocycles. The van der Waals surface area contributed by atoms with Gasteiger partial charge >= 0.3 is 0 Å². The van der Waals surface area contributed by atoms with E-state index in [9.17, 15) is 9.18 Å². The lowest BCUT2D eigenvalue weighted by Gasteiger charge is -2.15. The van der Waals surface area contributed by atoms with E-state index in [2.05, 4.69) is 10.3 Å². The molecule has 1 heterocycles. The first-order chi connectivity index (χ1) is 11.0. The monoisotopic (exact) mass is 329 g/mol. The maximum atomic E-state index is 13.5. The summed E-state index contributed by atoms with van der Waals surface area (Å²) in [6.45, 7) is 1.83. The molecular formula is C17H16FN3OS. The summed E-state index contributed by atoms with van der Waals surface area (Å²) in [5.74, 6) is -0.544. The Morgan fingerprint density at radius 3 is 2.83 bits per heavy atom. The van der Waals surface area contributed by atoms with Gasteiger partial charge in [-0.1, -0.05) is 29.5 Å². The Bertz CT molecular complexity index is 829. The lowest BCUT2D eigenvalue weighted by atomic mass is 10.2. The van der Waals surface area contributed by atoms with Gasteiger partial charge in [-0.25, -0.2) is 9.37 Å². The number of hydrogen-bond donors (Lipinski definition) is 1. The van der Waals surface area contributed by atoms with E-state index in [1.54, 1.807) is 24.0 Å². The second-order valence-electron chi connectivity index (χ2n) is 5.33. The predicted molar refractivity (Wildman–Crippen MR) is 92.7 cm³/mol. The number of carbonyl (C=O) groups excluding carboxylic acids is 1. The molecule has 0 atom stereocenters. The van der Waals surface area contributed by atoms with E-state index in [0.29, 0.717) is 11.3 Å². The molecule has 0 radical (unpaired) electrons. The molecule has 0 spiro atoms. The maximum Gasteiger partial charge on any atom is 0.243 e. The van der Waals surface area contributed by atoms with Crippen LogP contribution in [0.3, 0.4) is 0 Å². The van der Waals surface area contributed by atoms with Crippen molar-refractivity contribution in [3.63, 3.8) is 0 Å². The number of aryl methyl sites for hydroxylation is 1. The summed E-state index contributed by atoms with van der Waals surface area (Å²) >= 11 is 1.53. The Morgan fingerprint density at radius 1 is 1.30 bits per heavy atom. The fraction of sp³-hybridized carbons (Fsp3) is 0.176. The van der Waals surface area contributed by atoms with Crippen LogP contribution in [0, 0.1) is 12.7 Å². The van der Waals surface area contributed by atoms with Crippen LogP contribution in [0.15, 0.2) is 42.5 Å². The fourth-order valence-corrected chi connectivity index (χ4v) is 3.10. The highest BCUT2D eigenvalue weighted by Gasteiger charge is 2.12. The average molecular weight is 329 g/mol. The maximum absolute atomic E-state index is 13.5. The molecule has 0 unspecified atom stereocenters. The summed E-state index contributed by atoms with van der Waals surface area (Å²) in [6, 6.07) is 12.5. The molecule has 0 aliphatic carbocycles. The third kappa shape index (κ3) is 3.48. The Morgan fingerprint density at radius 2 is 2.09 bits per heavy atom. The second-order valence-corrected chi connectivity index (χ2v) is 6.34. The number of fused-ring (bicyclic) bond motifs is 1. The van der Waals surface area contributed by atoms with E-state index in [1.165, 1.54) is 17.4 Å². The molecule has 0 aliphatic heterocycles. The lowest BCUT2D eigenvalue weighted by molar-refractivity contribution is -0.114. The molecule has 23 heavy (non-hydrogen) atoms. The van der Waals surface area contributed by atoms with Crippen molar-refractivity contribution in [2.45, 2.75) is 6.92 Å². The van der Waals surface area contributed by atoms with Crippen molar-refractivity contribution in [3.8, 4) is 0 Å². The van der Waals surface area contributed by atoms with Crippen LogP contribution < -0.4 is 10.2 Å². The van der Waals surface area contributed by atoms with E-state index in [-0.39, 0.29) is 18.3 Å². The predicted octanol–water partition coefficient (Wildman–Crippen LogP) is 3.82. The standard InChI is InChI=1S/C17H16FN3OS/c1-11-7-8-12(9-13(11)18)19-16(22)10-21(2)17-20-14-5-3-4-6-15(14)23-17/h3-9H,10H2,1-2H3,(H,19,22). The van der Waals surface area contributed by atoms with Crippen molar-refractivity contribution < 1.29 is 9.18 Å². The molecule has 0 bridgehead atoms. The third-order valence-corrected chi connectivity index (χ3v) is 4.60. The molecule has 3 rings (SSSR count). The molecule has 1 N–H and O–H groups in total. The van der Waals surface area contributed by atoms with Crippen LogP contribution in [0.5, 0.6) is 0 Å². The van der Waals surface area contributed by atoms with Gasteiger partial charge in [0, 0.05) is 12.7 Å². The zero-order chi connectivity index (χ0) is 16.4. The van der Waals surface area contributed by atoms with Crippen LogP contribution in [0.25, 0.3) is 10.2 Å². The number of anilines is 2. The minimum atomic E-state index is -0.331. The molecule has 0 aliphatic rings. The topological polar surface area (TPSA) is 45.2 Å². The number of carbonyl (C=O) groups is 1. The number of aromatic nitrogens is 1. The molecular weight excluding hydrogens is 313 g/mol. The van der Waals surface area contributed by atoms with Gasteiger partial charge in [-0.3, -0.25) is 4.79 Å². The zero-order valence-corrected chi connectivity index (χ0v) is 13.7. The summed E-state index contributed by atoms with van der Waals surface area (Å²) in [5, 5.41) is 3.48. The van der Waals surface area contributed by atoms with Crippen LogP contribution >= 0.6 is 11.3 Å². The molecule has 4 nitrogen and oxygen atoms in total. The number of thiazole rings is 1.